The van der Waals surface area contributed by atoms with Gasteiger partial charge < -0.3 is 0 Å². The molecule has 0 atom stereocenters. The Morgan fingerprint density at radius 3 is 2.23 bits per heavy atom. The fourth-order valence-electron chi connectivity index (χ4n) is 2.13. The Labute approximate surface area is 136 Å². The van der Waals surface area contributed by atoms with Crippen molar-refractivity contribution in [3.05, 3.63) is 53.4 Å². The van der Waals surface area contributed by atoms with Gasteiger partial charge >= 0.3 is 0 Å². The molecule has 120 valence electrons. The predicted octanol–water partition coefficient (Wildman–Crippen LogP) is 5.35. The lowest BCUT2D eigenvalue weighted by molar-refractivity contribution is 0.517. The van der Waals surface area contributed by atoms with E-state index in [2.05, 4.69) is 81.9 Å². The molecule has 1 heterocycles. The molecule has 0 spiro atoms. The van der Waals surface area contributed by atoms with Crippen LogP contribution in [0.25, 0.3) is 0 Å². The zero-order chi connectivity index (χ0) is 17.0. The lowest BCUT2D eigenvalue weighted by atomic mass is 9.84. The first-order chi connectivity index (χ1) is 10.1. The molecule has 0 aliphatic carbocycles. The van der Waals surface area contributed by atoms with Crippen molar-refractivity contribution < 1.29 is 0 Å². The van der Waals surface area contributed by atoms with Gasteiger partial charge in [-0.15, -0.1) is 0 Å². The number of aliphatic imine (C=N–C) groups is 1. The van der Waals surface area contributed by atoms with Gasteiger partial charge in [-0.2, -0.15) is 0 Å². The van der Waals surface area contributed by atoms with Crippen molar-refractivity contribution >= 4 is 5.71 Å². The maximum Gasteiger partial charge on any atom is 0.0884 e. The van der Waals surface area contributed by atoms with Gasteiger partial charge in [0.25, 0.3) is 0 Å². The summed E-state index contributed by atoms with van der Waals surface area (Å²) in [7, 11) is 1.83. The molecule has 2 heteroatoms. The van der Waals surface area contributed by atoms with Crippen molar-refractivity contribution in [2.45, 2.75) is 53.9 Å². The molecule has 0 aromatic carbocycles. The number of aromatic nitrogens is 1. The van der Waals surface area contributed by atoms with E-state index in [0.717, 1.165) is 11.4 Å². The molecule has 0 N–H and O–H groups in total. The first-order valence-corrected chi connectivity index (χ1v) is 7.88. The first kappa shape index (κ1) is 18.3. The van der Waals surface area contributed by atoms with E-state index in [1.807, 2.05) is 20.2 Å². The van der Waals surface area contributed by atoms with E-state index >= 15 is 0 Å². The molecular weight excluding hydrogens is 268 g/mol. The van der Waals surface area contributed by atoms with E-state index in [1.165, 1.54) is 11.1 Å². The summed E-state index contributed by atoms with van der Waals surface area (Å²) in [6.45, 7) is 15.3. The molecule has 0 radical (unpaired) electrons. The third-order valence-electron chi connectivity index (χ3n) is 3.63. The summed E-state index contributed by atoms with van der Waals surface area (Å²) in [4.78, 5) is 8.98. The largest absolute Gasteiger partial charge is 0.286 e. The Kier molecular flexibility index (Phi) is 5.87. The van der Waals surface area contributed by atoms with Crippen LogP contribution in [0.3, 0.4) is 0 Å². The number of rotatable bonds is 3. The molecule has 0 aliphatic heterocycles. The monoisotopic (exact) mass is 298 g/mol. The van der Waals surface area contributed by atoms with Gasteiger partial charge in [0.2, 0.25) is 0 Å². The van der Waals surface area contributed by atoms with Crippen LogP contribution in [0.15, 0.2) is 47.1 Å². The molecule has 0 saturated heterocycles. The first-order valence-electron chi connectivity index (χ1n) is 7.88. The summed E-state index contributed by atoms with van der Waals surface area (Å²) in [6.07, 6.45) is 8.25. The summed E-state index contributed by atoms with van der Waals surface area (Å²) in [6, 6.07) is 4.23. The summed E-state index contributed by atoms with van der Waals surface area (Å²) < 4.78 is 0. The zero-order valence-corrected chi connectivity index (χ0v) is 15.4. The number of hydrogen-bond acceptors (Lipinski definition) is 2. The second-order valence-electron chi connectivity index (χ2n) is 7.64. The number of nitrogens with zero attached hydrogens (tertiary/aromatic N) is 2. The van der Waals surface area contributed by atoms with Crippen LogP contribution in [-0.4, -0.2) is 17.7 Å². The highest BCUT2D eigenvalue weighted by molar-refractivity contribution is 6.08. The quantitative estimate of drug-likeness (QED) is 0.545. The van der Waals surface area contributed by atoms with E-state index in [1.54, 1.807) is 0 Å². The molecule has 1 aromatic rings. The predicted molar refractivity (Wildman–Crippen MR) is 97.8 cm³/mol. The third-order valence-corrected chi connectivity index (χ3v) is 3.63. The number of hydrogen-bond donors (Lipinski definition) is 0. The van der Waals surface area contributed by atoms with Crippen molar-refractivity contribution in [1.29, 1.82) is 0 Å². The molecule has 0 saturated carbocycles. The highest BCUT2D eigenvalue weighted by atomic mass is 14.8. The molecule has 0 bridgehead atoms. The van der Waals surface area contributed by atoms with E-state index < -0.39 is 0 Å². The van der Waals surface area contributed by atoms with Crippen LogP contribution in [0.4, 0.5) is 0 Å². The highest BCUT2D eigenvalue weighted by Gasteiger charge is 2.18. The van der Waals surface area contributed by atoms with Crippen molar-refractivity contribution in [2.75, 3.05) is 7.05 Å². The summed E-state index contributed by atoms with van der Waals surface area (Å²) in [5.41, 5.74) is 4.56. The van der Waals surface area contributed by atoms with Gasteiger partial charge in [-0.1, -0.05) is 53.7 Å². The molecule has 2 nitrogen and oxygen atoms in total. The second kappa shape index (κ2) is 7.04. The van der Waals surface area contributed by atoms with E-state index in [4.69, 9.17) is 0 Å². The summed E-state index contributed by atoms with van der Waals surface area (Å²) in [5.74, 6) is 0. The topological polar surface area (TPSA) is 25.2 Å². The molecule has 0 fully saturated rings. The molecule has 22 heavy (non-hydrogen) atoms. The molecular formula is C20H30N2. The lowest BCUT2D eigenvalue weighted by Crippen LogP contribution is -2.14. The standard InChI is InChI=1S/C20H30N2/c1-9-10-15(19(2,3)4)13-17(21-8)18-14-16(11-12-22-18)20(5,6)7/h9-14H,1-8H3/b10-9-,15-13+,21-17-. The van der Waals surface area contributed by atoms with E-state index in [9.17, 15) is 0 Å². The average Bonchev–Trinajstić information content (AvgIpc) is 2.41. The van der Waals surface area contributed by atoms with E-state index in [-0.39, 0.29) is 10.8 Å². The Balaban J connectivity index is 3.34. The average molecular weight is 298 g/mol. The van der Waals surface area contributed by atoms with Gasteiger partial charge in [0.05, 0.1) is 11.4 Å². The Bertz CT molecular complexity index is 591. The van der Waals surface area contributed by atoms with Crippen LogP contribution in [0.1, 0.15) is 59.7 Å². The molecule has 1 aromatic heterocycles. The minimum Gasteiger partial charge on any atom is -0.286 e. The van der Waals surface area contributed by atoms with Crippen molar-refractivity contribution in [1.82, 2.24) is 4.98 Å². The van der Waals surface area contributed by atoms with Crippen LogP contribution in [0.2, 0.25) is 0 Å². The number of pyridine rings is 1. The van der Waals surface area contributed by atoms with Crippen LogP contribution >= 0.6 is 0 Å². The molecule has 0 amide bonds. The fraction of sp³-hybridized carbons (Fsp3) is 0.500. The molecule has 1 rings (SSSR count). The maximum absolute atomic E-state index is 4.52. The summed E-state index contributed by atoms with van der Waals surface area (Å²) in [5, 5.41) is 0. The van der Waals surface area contributed by atoms with Gasteiger partial charge in [0.1, 0.15) is 0 Å². The summed E-state index contributed by atoms with van der Waals surface area (Å²) >= 11 is 0. The van der Waals surface area contributed by atoms with Gasteiger partial charge in [-0.25, -0.2) is 0 Å². The van der Waals surface area contributed by atoms with Gasteiger partial charge in [-0.3, -0.25) is 9.98 Å². The van der Waals surface area contributed by atoms with Crippen LogP contribution in [0, 0.1) is 5.41 Å². The SMILES string of the molecule is C\C=C/C(=C\C(=N\C)c1cc(C(C)(C)C)ccn1)C(C)(C)C. The van der Waals surface area contributed by atoms with Crippen LogP contribution in [0.5, 0.6) is 0 Å². The van der Waals surface area contributed by atoms with Gasteiger partial charge in [-0.05, 0) is 47.1 Å². The Hall–Kier alpha value is -1.70. The second-order valence-corrected chi connectivity index (χ2v) is 7.64. The van der Waals surface area contributed by atoms with E-state index in [0.29, 0.717) is 0 Å². The van der Waals surface area contributed by atoms with Crippen LogP contribution in [-0.2, 0) is 5.41 Å². The van der Waals surface area contributed by atoms with Gasteiger partial charge in [0.15, 0.2) is 0 Å². The number of allylic oxidation sites excluding steroid dienone is 4. The van der Waals surface area contributed by atoms with Crippen molar-refractivity contribution in [3.8, 4) is 0 Å². The zero-order valence-electron chi connectivity index (χ0n) is 15.4. The Morgan fingerprint density at radius 1 is 1.14 bits per heavy atom. The lowest BCUT2D eigenvalue weighted by Gasteiger charge is -2.21. The van der Waals surface area contributed by atoms with Crippen molar-refractivity contribution in [3.63, 3.8) is 0 Å². The van der Waals surface area contributed by atoms with Crippen molar-refractivity contribution in [2.24, 2.45) is 10.4 Å². The normalized spacial score (nSPS) is 14.7. The Morgan fingerprint density at radius 2 is 1.77 bits per heavy atom. The minimum atomic E-state index is 0.0735. The smallest absolute Gasteiger partial charge is 0.0884 e. The van der Waals surface area contributed by atoms with Gasteiger partial charge in [0, 0.05) is 13.2 Å². The maximum atomic E-state index is 4.52. The fourth-order valence-corrected chi connectivity index (χ4v) is 2.13. The van der Waals surface area contributed by atoms with Crippen LogP contribution < -0.4 is 0 Å². The minimum absolute atomic E-state index is 0.0735. The molecule has 0 unspecified atom stereocenters. The molecule has 0 aliphatic rings. The highest BCUT2D eigenvalue weighted by Crippen LogP contribution is 2.27. The third kappa shape index (κ3) is 4.94.